The summed E-state index contributed by atoms with van der Waals surface area (Å²) in [6, 6.07) is 0. The van der Waals surface area contributed by atoms with Gasteiger partial charge in [-0.3, -0.25) is 0 Å². The summed E-state index contributed by atoms with van der Waals surface area (Å²) >= 11 is 0. The maximum Gasteiger partial charge on any atom is 0.0515 e. The molecule has 1 aliphatic carbocycles. The molecule has 1 aliphatic rings. The lowest BCUT2D eigenvalue weighted by Crippen LogP contribution is -2.03. The van der Waals surface area contributed by atoms with Gasteiger partial charge in [-0.15, -0.1) is 0 Å². The molecule has 0 amide bonds. The van der Waals surface area contributed by atoms with Crippen LogP contribution in [0, 0.1) is 17.3 Å². The molecule has 0 aliphatic heterocycles. The zero-order valence-electron chi connectivity index (χ0n) is 8.25. The molecular formula is C10H20O2. The van der Waals surface area contributed by atoms with Crippen molar-refractivity contribution in [3.63, 3.8) is 0 Å². The molecule has 3 atom stereocenters. The highest BCUT2D eigenvalue weighted by atomic mass is 16.3. The van der Waals surface area contributed by atoms with Crippen LogP contribution in [-0.2, 0) is 0 Å². The van der Waals surface area contributed by atoms with Crippen LogP contribution in [0.3, 0.4) is 0 Å². The van der Waals surface area contributed by atoms with E-state index in [1.807, 2.05) is 6.92 Å². The highest BCUT2D eigenvalue weighted by Gasteiger charge is 2.56. The Balaban J connectivity index is 2.37. The summed E-state index contributed by atoms with van der Waals surface area (Å²) in [7, 11) is 0. The number of hydrogen-bond donors (Lipinski definition) is 2. The van der Waals surface area contributed by atoms with E-state index in [2.05, 4.69) is 13.8 Å². The second-order valence-corrected chi connectivity index (χ2v) is 4.63. The van der Waals surface area contributed by atoms with Gasteiger partial charge in [-0.25, -0.2) is 0 Å². The third-order valence-electron chi connectivity index (χ3n) is 3.32. The van der Waals surface area contributed by atoms with E-state index < -0.39 is 0 Å². The van der Waals surface area contributed by atoms with Crippen LogP contribution in [0.2, 0.25) is 0 Å². The number of hydrogen-bond acceptors (Lipinski definition) is 2. The normalized spacial score (nSPS) is 34.8. The standard InChI is InChI=1S/C10H20O2/c1-7(12)6-9-8(4-5-11)10(9,2)3/h7-9,11-12H,4-6H2,1-3H3/t7?,8-,9+/m1/s1. The van der Waals surface area contributed by atoms with Crippen LogP contribution in [0.15, 0.2) is 0 Å². The molecule has 0 saturated heterocycles. The van der Waals surface area contributed by atoms with Crippen molar-refractivity contribution in [3.05, 3.63) is 0 Å². The minimum atomic E-state index is -0.196. The highest BCUT2D eigenvalue weighted by molar-refractivity contribution is 5.04. The zero-order chi connectivity index (χ0) is 9.35. The molecule has 0 aromatic rings. The number of rotatable bonds is 4. The molecule has 2 heteroatoms. The van der Waals surface area contributed by atoms with Crippen LogP contribution in [0.1, 0.15) is 33.6 Å². The Morgan fingerprint density at radius 3 is 2.33 bits per heavy atom. The summed E-state index contributed by atoms with van der Waals surface area (Å²) in [5, 5.41) is 18.0. The minimum absolute atomic E-state index is 0.196. The third-order valence-corrected chi connectivity index (χ3v) is 3.32. The van der Waals surface area contributed by atoms with E-state index >= 15 is 0 Å². The molecule has 0 aromatic carbocycles. The molecule has 2 nitrogen and oxygen atoms in total. The molecule has 72 valence electrons. The second kappa shape index (κ2) is 3.35. The van der Waals surface area contributed by atoms with Crippen molar-refractivity contribution in [1.29, 1.82) is 0 Å². The molecule has 0 aromatic heterocycles. The van der Waals surface area contributed by atoms with Gasteiger partial charge in [0.1, 0.15) is 0 Å². The van der Waals surface area contributed by atoms with Crippen molar-refractivity contribution in [2.75, 3.05) is 6.61 Å². The van der Waals surface area contributed by atoms with Crippen LogP contribution < -0.4 is 0 Å². The summed E-state index contributed by atoms with van der Waals surface area (Å²) in [4.78, 5) is 0. The second-order valence-electron chi connectivity index (χ2n) is 4.63. The topological polar surface area (TPSA) is 40.5 Å². The van der Waals surface area contributed by atoms with E-state index in [9.17, 15) is 5.11 Å². The van der Waals surface area contributed by atoms with Crippen LogP contribution in [0.5, 0.6) is 0 Å². The Kier molecular flexibility index (Phi) is 2.79. The average molecular weight is 172 g/mol. The maximum absolute atomic E-state index is 9.22. The van der Waals surface area contributed by atoms with E-state index in [0.717, 1.165) is 12.8 Å². The fourth-order valence-electron chi connectivity index (χ4n) is 2.41. The Morgan fingerprint density at radius 1 is 1.33 bits per heavy atom. The predicted molar refractivity (Wildman–Crippen MR) is 48.8 cm³/mol. The average Bonchev–Trinajstić information content (AvgIpc) is 2.39. The van der Waals surface area contributed by atoms with E-state index in [1.54, 1.807) is 0 Å². The quantitative estimate of drug-likeness (QED) is 0.673. The van der Waals surface area contributed by atoms with Gasteiger partial charge in [-0.2, -0.15) is 0 Å². The third kappa shape index (κ3) is 1.80. The molecule has 0 heterocycles. The van der Waals surface area contributed by atoms with Crippen LogP contribution in [-0.4, -0.2) is 22.9 Å². The van der Waals surface area contributed by atoms with Crippen molar-refractivity contribution >= 4 is 0 Å². The zero-order valence-corrected chi connectivity index (χ0v) is 8.25. The summed E-state index contributed by atoms with van der Waals surface area (Å²) in [6.45, 7) is 6.57. The van der Waals surface area contributed by atoms with Crippen LogP contribution in [0.4, 0.5) is 0 Å². The molecule has 0 radical (unpaired) electrons. The smallest absolute Gasteiger partial charge is 0.0515 e. The lowest BCUT2D eigenvalue weighted by Gasteiger charge is -2.04. The molecule has 1 unspecified atom stereocenters. The fourth-order valence-corrected chi connectivity index (χ4v) is 2.41. The van der Waals surface area contributed by atoms with Gasteiger partial charge in [-0.05, 0) is 37.0 Å². The Morgan fingerprint density at radius 2 is 1.92 bits per heavy atom. The van der Waals surface area contributed by atoms with Gasteiger partial charge < -0.3 is 10.2 Å². The molecule has 1 fully saturated rings. The van der Waals surface area contributed by atoms with Crippen molar-refractivity contribution < 1.29 is 10.2 Å². The summed E-state index contributed by atoms with van der Waals surface area (Å²) in [5.41, 5.74) is 0.347. The maximum atomic E-state index is 9.22. The first-order valence-electron chi connectivity index (χ1n) is 4.79. The van der Waals surface area contributed by atoms with Gasteiger partial charge in [0, 0.05) is 6.61 Å². The SMILES string of the molecule is CC(O)C[C@H]1[C@@H](CCO)C1(C)C. The van der Waals surface area contributed by atoms with Gasteiger partial charge in [0.25, 0.3) is 0 Å². The fraction of sp³-hybridized carbons (Fsp3) is 1.00. The lowest BCUT2D eigenvalue weighted by molar-refractivity contribution is 0.169. The van der Waals surface area contributed by atoms with Crippen molar-refractivity contribution in [1.82, 2.24) is 0 Å². The summed E-state index contributed by atoms with van der Waals surface area (Å²) in [5.74, 6) is 1.24. The Bertz CT molecular complexity index is 152. The van der Waals surface area contributed by atoms with E-state index in [-0.39, 0.29) is 12.7 Å². The molecule has 0 spiro atoms. The van der Waals surface area contributed by atoms with Gasteiger partial charge in [0.05, 0.1) is 6.10 Å². The van der Waals surface area contributed by atoms with E-state index in [0.29, 0.717) is 17.3 Å². The largest absolute Gasteiger partial charge is 0.396 e. The highest BCUT2D eigenvalue weighted by Crippen LogP contribution is 2.61. The summed E-state index contributed by atoms with van der Waals surface area (Å²) < 4.78 is 0. The molecule has 1 saturated carbocycles. The molecule has 12 heavy (non-hydrogen) atoms. The molecular weight excluding hydrogens is 152 g/mol. The molecule has 1 rings (SSSR count). The number of aliphatic hydroxyl groups is 2. The van der Waals surface area contributed by atoms with Gasteiger partial charge >= 0.3 is 0 Å². The van der Waals surface area contributed by atoms with Gasteiger partial charge in [0.15, 0.2) is 0 Å². The predicted octanol–water partition coefficient (Wildman–Crippen LogP) is 1.41. The Hall–Kier alpha value is -0.0800. The van der Waals surface area contributed by atoms with E-state index in [1.165, 1.54) is 0 Å². The molecule has 2 N–H and O–H groups in total. The van der Waals surface area contributed by atoms with Crippen LogP contribution in [0.25, 0.3) is 0 Å². The van der Waals surface area contributed by atoms with Crippen molar-refractivity contribution in [2.45, 2.75) is 39.7 Å². The lowest BCUT2D eigenvalue weighted by atomic mass is 10.1. The van der Waals surface area contributed by atoms with Crippen molar-refractivity contribution in [2.24, 2.45) is 17.3 Å². The Labute approximate surface area is 74.6 Å². The monoisotopic (exact) mass is 172 g/mol. The summed E-state index contributed by atoms with van der Waals surface area (Å²) in [6.07, 6.45) is 1.58. The van der Waals surface area contributed by atoms with Crippen molar-refractivity contribution in [3.8, 4) is 0 Å². The minimum Gasteiger partial charge on any atom is -0.396 e. The number of aliphatic hydroxyl groups excluding tert-OH is 2. The van der Waals surface area contributed by atoms with E-state index in [4.69, 9.17) is 5.11 Å². The van der Waals surface area contributed by atoms with Crippen LogP contribution >= 0.6 is 0 Å². The first-order chi connectivity index (χ1) is 5.50. The molecule has 0 bridgehead atoms. The van der Waals surface area contributed by atoms with Gasteiger partial charge in [0.2, 0.25) is 0 Å². The van der Waals surface area contributed by atoms with Gasteiger partial charge in [-0.1, -0.05) is 13.8 Å². The first kappa shape index (κ1) is 10.0. The first-order valence-corrected chi connectivity index (χ1v) is 4.79.